The maximum Gasteiger partial charge on any atom is 0.415 e. The van der Waals surface area contributed by atoms with Gasteiger partial charge in [-0.3, -0.25) is 14.5 Å². The molecule has 0 radical (unpaired) electrons. The van der Waals surface area contributed by atoms with Crippen molar-refractivity contribution in [3.63, 3.8) is 0 Å². The van der Waals surface area contributed by atoms with Crippen molar-refractivity contribution in [2.45, 2.75) is 12.1 Å². The number of anilines is 2. The Morgan fingerprint density at radius 1 is 1.31 bits per heavy atom. The van der Waals surface area contributed by atoms with Crippen LogP contribution < -0.4 is 19.9 Å². The van der Waals surface area contributed by atoms with Crippen molar-refractivity contribution in [1.82, 2.24) is 5.32 Å². The van der Waals surface area contributed by atoms with E-state index in [0.717, 1.165) is 17.4 Å². The Hall–Kier alpha value is -2.89. The van der Waals surface area contributed by atoms with E-state index in [4.69, 9.17) is 25.8 Å². The molecule has 12 heteroatoms. The van der Waals surface area contributed by atoms with Crippen molar-refractivity contribution in [3.8, 4) is 5.75 Å². The monoisotopic (exact) mass is 481 g/mol. The summed E-state index contributed by atoms with van der Waals surface area (Å²) in [6.45, 7) is 1.02. The number of carbonyl (C=O) groups is 3. The fourth-order valence-electron chi connectivity index (χ4n) is 3.92. The zero-order chi connectivity index (χ0) is 22.4. The number of amides is 3. The molecule has 3 aliphatic rings. The summed E-state index contributed by atoms with van der Waals surface area (Å²) < 4.78 is 30.4. The van der Waals surface area contributed by atoms with Crippen LogP contribution in [0, 0.1) is 5.82 Å². The molecule has 2 aromatic rings. The third kappa shape index (κ3) is 3.65. The molecule has 168 valence electrons. The van der Waals surface area contributed by atoms with Crippen LogP contribution in [-0.4, -0.2) is 63.0 Å². The number of rotatable bonds is 4. The summed E-state index contributed by atoms with van der Waals surface area (Å²) in [6, 6.07) is 5.75. The molecule has 3 aliphatic heterocycles. The second kappa shape index (κ2) is 8.23. The molecule has 1 N–H and O–H groups in total. The minimum absolute atomic E-state index is 0.0141. The topological polar surface area (TPSA) is 97.4 Å². The standard InChI is InChI=1S/C20H17ClFN3O6S/c21-16-6-11(22)18(32-16)19(27)23-7-15-13-8-30-14-5-10(24-3-4-29-9-17(24)26)1-2-12(14)25(13)20(28)31-15/h1-2,5-6,13,15H,3-4,7-9H2,(H,23,27)/t13-,15-/m0/s1. The van der Waals surface area contributed by atoms with Crippen molar-refractivity contribution < 1.29 is 33.0 Å². The third-order valence-electron chi connectivity index (χ3n) is 5.45. The predicted molar refractivity (Wildman–Crippen MR) is 113 cm³/mol. The first-order valence-corrected chi connectivity index (χ1v) is 11.0. The van der Waals surface area contributed by atoms with E-state index in [1.165, 1.54) is 4.90 Å². The van der Waals surface area contributed by atoms with Crippen LogP contribution in [0.5, 0.6) is 5.75 Å². The number of morpholine rings is 1. The number of halogens is 2. The van der Waals surface area contributed by atoms with Crippen molar-refractivity contribution in [2.24, 2.45) is 0 Å². The first-order chi connectivity index (χ1) is 15.4. The number of hydrogen-bond acceptors (Lipinski definition) is 7. The molecule has 2 fully saturated rings. The van der Waals surface area contributed by atoms with Gasteiger partial charge >= 0.3 is 6.09 Å². The minimum atomic E-state index is -0.702. The van der Waals surface area contributed by atoms with Crippen LogP contribution in [0.2, 0.25) is 4.34 Å². The molecule has 1 aromatic carbocycles. The lowest BCUT2D eigenvalue weighted by atomic mass is 10.1. The number of benzene rings is 1. The minimum Gasteiger partial charge on any atom is -0.489 e. The fourth-order valence-corrected chi connectivity index (χ4v) is 4.93. The smallest absolute Gasteiger partial charge is 0.415 e. The van der Waals surface area contributed by atoms with E-state index >= 15 is 0 Å². The number of cyclic esters (lactones) is 1. The Bertz CT molecular complexity index is 1110. The van der Waals surface area contributed by atoms with Gasteiger partial charge in [0.2, 0.25) is 0 Å². The van der Waals surface area contributed by atoms with E-state index in [1.807, 2.05) is 0 Å². The van der Waals surface area contributed by atoms with Gasteiger partial charge in [-0.05, 0) is 12.1 Å². The second-order valence-electron chi connectivity index (χ2n) is 7.36. The number of thiophene rings is 1. The van der Waals surface area contributed by atoms with E-state index < -0.39 is 30.0 Å². The lowest BCUT2D eigenvalue weighted by Gasteiger charge is -2.33. The summed E-state index contributed by atoms with van der Waals surface area (Å²) in [5.74, 6) is -1.03. The average molecular weight is 482 g/mol. The predicted octanol–water partition coefficient (Wildman–Crippen LogP) is 2.42. The summed E-state index contributed by atoms with van der Waals surface area (Å²) in [4.78, 5) is 39.9. The molecule has 0 aliphatic carbocycles. The zero-order valence-electron chi connectivity index (χ0n) is 16.5. The molecule has 32 heavy (non-hydrogen) atoms. The largest absolute Gasteiger partial charge is 0.489 e. The Balaban J connectivity index is 1.30. The fraction of sp³-hybridized carbons (Fsp3) is 0.350. The van der Waals surface area contributed by atoms with Gasteiger partial charge in [-0.25, -0.2) is 9.18 Å². The summed E-state index contributed by atoms with van der Waals surface area (Å²) in [7, 11) is 0. The van der Waals surface area contributed by atoms with Crippen molar-refractivity contribution in [3.05, 3.63) is 39.3 Å². The lowest BCUT2D eigenvalue weighted by Crippen LogP contribution is -2.48. The van der Waals surface area contributed by atoms with E-state index in [2.05, 4.69) is 5.32 Å². The number of fused-ring (bicyclic) bond motifs is 3. The van der Waals surface area contributed by atoms with Crippen LogP contribution >= 0.6 is 22.9 Å². The van der Waals surface area contributed by atoms with Crippen LogP contribution in [0.25, 0.3) is 0 Å². The van der Waals surface area contributed by atoms with Gasteiger partial charge in [0.25, 0.3) is 11.8 Å². The number of hydrogen-bond donors (Lipinski definition) is 1. The normalized spacial score (nSPS) is 22.2. The zero-order valence-corrected chi connectivity index (χ0v) is 18.1. The van der Waals surface area contributed by atoms with Crippen molar-refractivity contribution >= 4 is 52.2 Å². The van der Waals surface area contributed by atoms with Gasteiger partial charge in [-0.2, -0.15) is 0 Å². The highest BCUT2D eigenvalue weighted by molar-refractivity contribution is 7.18. The third-order valence-corrected chi connectivity index (χ3v) is 6.68. The van der Waals surface area contributed by atoms with Gasteiger partial charge < -0.3 is 24.4 Å². The molecular formula is C20H17ClFN3O6S. The van der Waals surface area contributed by atoms with E-state index in [1.54, 1.807) is 23.1 Å². The van der Waals surface area contributed by atoms with Crippen LogP contribution in [0.3, 0.4) is 0 Å². The Labute approximate surface area is 190 Å². The van der Waals surface area contributed by atoms with Crippen molar-refractivity contribution in [1.29, 1.82) is 0 Å². The maximum absolute atomic E-state index is 13.8. The summed E-state index contributed by atoms with van der Waals surface area (Å²) in [6.07, 6.45) is -1.25. The van der Waals surface area contributed by atoms with Gasteiger partial charge in [-0.1, -0.05) is 11.6 Å². The molecule has 0 bridgehead atoms. The van der Waals surface area contributed by atoms with E-state index in [9.17, 15) is 18.8 Å². The maximum atomic E-state index is 13.8. The quantitative estimate of drug-likeness (QED) is 0.720. The lowest BCUT2D eigenvalue weighted by molar-refractivity contribution is -0.125. The highest BCUT2D eigenvalue weighted by Gasteiger charge is 2.46. The van der Waals surface area contributed by atoms with Gasteiger partial charge in [0.05, 0.1) is 23.2 Å². The van der Waals surface area contributed by atoms with Gasteiger partial charge in [-0.15, -0.1) is 11.3 Å². The molecule has 5 rings (SSSR count). The molecule has 9 nitrogen and oxygen atoms in total. The van der Waals surface area contributed by atoms with Gasteiger partial charge in [0.1, 0.15) is 41.8 Å². The highest BCUT2D eigenvalue weighted by atomic mass is 35.5. The number of ether oxygens (including phenoxy) is 3. The molecule has 1 aromatic heterocycles. The van der Waals surface area contributed by atoms with E-state index in [0.29, 0.717) is 30.3 Å². The molecule has 2 atom stereocenters. The van der Waals surface area contributed by atoms with Gasteiger partial charge in [0.15, 0.2) is 0 Å². The Morgan fingerprint density at radius 2 is 2.16 bits per heavy atom. The SMILES string of the molecule is O=C(NC[C@@H]1OC(=O)N2c3ccc(N4CCOCC4=O)cc3OC[C@@H]12)c1sc(Cl)cc1F. The van der Waals surface area contributed by atoms with Crippen LogP contribution in [0.15, 0.2) is 24.3 Å². The van der Waals surface area contributed by atoms with Crippen molar-refractivity contribution in [2.75, 3.05) is 42.7 Å². The summed E-state index contributed by atoms with van der Waals surface area (Å²) in [5.41, 5.74) is 1.17. The molecule has 0 unspecified atom stereocenters. The van der Waals surface area contributed by atoms with E-state index in [-0.39, 0.29) is 34.9 Å². The number of carbonyl (C=O) groups excluding carboxylic acids is 3. The number of nitrogens with one attached hydrogen (secondary N) is 1. The van der Waals surface area contributed by atoms with Crippen LogP contribution in [0.4, 0.5) is 20.6 Å². The van der Waals surface area contributed by atoms with Crippen LogP contribution in [-0.2, 0) is 14.3 Å². The highest BCUT2D eigenvalue weighted by Crippen LogP contribution is 2.41. The summed E-state index contributed by atoms with van der Waals surface area (Å²) in [5, 5.41) is 2.59. The molecule has 3 amide bonds. The summed E-state index contributed by atoms with van der Waals surface area (Å²) >= 11 is 6.57. The average Bonchev–Trinajstić information content (AvgIpc) is 3.30. The van der Waals surface area contributed by atoms with Crippen LogP contribution in [0.1, 0.15) is 9.67 Å². The first kappa shape index (κ1) is 21.0. The Morgan fingerprint density at radius 3 is 2.91 bits per heavy atom. The molecule has 0 saturated carbocycles. The van der Waals surface area contributed by atoms with Gasteiger partial charge in [0, 0.05) is 24.4 Å². The molecule has 0 spiro atoms. The second-order valence-corrected chi connectivity index (χ2v) is 9.04. The molecular weight excluding hydrogens is 465 g/mol. The number of nitrogens with zero attached hydrogens (tertiary/aromatic N) is 2. The first-order valence-electron chi connectivity index (χ1n) is 9.80. The molecule has 4 heterocycles. The Kier molecular flexibility index (Phi) is 5.39. The molecule has 2 saturated heterocycles.